The van der Waals surface area contributed by atoms with Crippen LogP contribution in [0, 0.1) is 5.92 Å². The Morgan fingerprint density at radius 3 is 2.71 bits per heavy atom. The van der Waals surface area contributed by atoms with Crippen molar-refractivity contribution in [2.45, 2.75) is 19.9 Å². The molecule has 110 valence electrons. The van der Waals surface area contributed by atoms with Crippen LogP contribution in [0.3, 0.4) is 0 Å². The van der Waals surface area contributed by atoms with Gasteiger partial charge in [0, 0.05) is 24.9 Å². The van der Waals surface area contributed by atoms with Crippen molar-refractivity contribution in [1.29, 1.82) is 0 Å². The molecule has 0 spiro atoms. The minimum atomic E-state index is -0.231. The first kappa shape index (κ1) is 14.8. The van der Waals surface area contributed by atoms with Crippen molar-refractivity contribution >= 4 is 5.91 Å². The molecule has 0 saturated heterocycles. The lowest BCUT2D eigenvalue weighted by Gasteiger charge is -2.12. The Bertz CT molecular complexity index is 614. The topological polar surface area (TPSA) is 82.5 Å². The second-order valence-corrected chi connectivity index (χ2v) is 5.01. The Balaban J connectivity index is 1.88. The predicted octanol–water partition coefficient (Wildman–Crippen LogP) is 1.99. The molecule has 5 nitrogen and oxygen atoms in total. The van der Waals surface area contributed by atoms with Crippen molar-refractivity contribution < 1.29 is 15.0 Å². The fourth-order valence-corrected chi connectivity index (χ4v) is 2.01. The number of hydrogen-bond acceptors (Lipinski definition) is 4. The van der Waals surface area contributed by atoms with Gasteiger partial charge >= 0.3 is 0 Å². The zero-order chi connectivity index (χ0) is 15.2. The van der Waals surface area contributed by atoms with Crippen LogP contribution in [0.2, 0.25) is 0 Å². The number of aromatic nitrogens is 1. The van der Waals surface area contributed by atoms with E-state index in [1.807, 2.05) is 19.1 Å². The van der Waals surface area contributed by atoms with Gasteiger partial charge in [0.15, 0.2) is 11.5 Å². The van der Waals surface area contributed by atoms with Crippen molar-refractivity contribution in [3.63, 3.8) is 0 Å². The maximum absolute atomic E-state index is 12.0. The van der Waals surface area contributed by atoms with Crippen LogP contribution >= 0.6 is 0 Å². The Labute approximate surface area is 123 Å². The van der Waals surface area contributed by atoms with E-state index in [-0.39, 0.29) is 23.3 Å². The highest BCUT2D eigenvalue weighted by molar-refractivity contribution is 5.78. The van der Waals surface area contributed by atoms with Crippen LogP contribution in [0.5, 0.6) is 11.5 Å². The Morgan fingerprint density at radius 1 is 1.24 bits per heavy atom. The molecule has 0 saturated carbocycles. The summed E-state index contributed by atoms with van der Waals surface area (Å²) in [7, 11) is 0. The molecular formula is C16H18N2O3. The van der Waals surface area contributed by atoms with E-state index in [4.69, 9.17) is 0 Å². The number of carbonyl (C=O) groups excluding carboxylic acids is 1. The number of pyridine rings is 1. The molecule has 5 heteroatoms. The van der Waals surface area contributed by atoms with Crippen LogP contribution in [0.1, 0.15) is 18.1 Å². The van der Waals surface area contributed by atoms with Gasteiger partial charge in [-0.3, -0.25) is 9.78 Å². The second-order valence-electron chi connectivity index (χ2n) is 5.01. The average molecular weight is 286 g/mol. The lowest BCUT2D eigenvalue weighted by atomic mass is 10.00. The van der Waals surface area contributed by atoms with Crippen LogP contribution in [0.4, 0.5) is 0 Å². The number of amides is 1. The summed E-state index contributed by atoms with van der Waals surface area (Å²) in [5.74, 6) is -0.625. The molecule has 1 heterocycles. The number of phenolic OH excluding ortho intramolecular Hbond substituents is 2. The molecule has 0 radical (unpaired) electrons. The van der Waals surface area contributed by atoms with Crippen molar-refractivity contribution in [1.82, 2.24) is 10.3 Å². The summed E-state index contributed by atoms with van der Waals surface area (Å²) in [6.45, 7) is 2.26. The molecule has 1 aromatic heterocycles. The van der Waals surface area contributed by atoms with Crippen LogP contribution in [0.15, 0.2) is 42.7 Å². The molecule has 0 fully saturated rings. The van der Waals surface area contributed by atoms with Crippen LogP contribution in [0.25, 0.3) is 0 Å². The smallest absolute Gasteiger partial charge is 0.223 e. The highest BCUT2D eigenvalue weighted by atomic mass is 16.3. The first-order valence-electron chi connectivity index (χ1n) is 6.73. The lowest BCUT2D eigenvalue weighted by Crippen LogP contribution is -2.29. The summed E-state index contributed by atoms with van der Waals surface area (Å²) in [4.78, 5) is 16.0. The molecule has 0 bridgehead atoms. The van der Waals surface area contributed by atoms with Crippen LogP contribution in [-0.4, -0.2) is 21.1 Å². The van der Waals surface area contributed by atoms with Crippen molar-refractivity contribution in [3.05, 3.63) is 53.9 Å². The van der Waals surface area contributed by atoms with E-state index in [0.29, 0.717) is 13.0 Å². The summed E-state index contributed by atoms with van der Waals surface area (Å²) in [5, 5.41) is 21.6. The number of carbonyl (C=O) groups is 1. The third-order valence-electron chi connectivity index (χ3n) is 3.22. The number of phenols is 2. The standard InChI is InChI=1S/C16H18N2O3/c1-11(7-12-4-5-14(19)15(20)8-12)16(21)18-10-13-3-2-6-17-9-13/h2-6,8-9,11,19-20H,7,10H2,1H3,(H,18,21). The zero-order valence-electron chi connectivity index (χ0n) is 11.8. The van der Waals surface area contributed by atoms with Crippen LogP contribution in [-0.2, 0) is 17.8 Å². The number of nitrogens with one attached hydrogen (secondary N) is 1. The van der Waals surface area contributed by atoms with Crippen molar-refractivity contribution in [3.8, 4) is 11.5 Å². The normalized spacial score (nSPS) is 11.9. The van der Waals surface area contributed by atoms with E-state index in [2.05, 4.69) is 10.3 Å². The maximum Gasteiger partial charge on any atom is 0.223 e. The van der Waals surface area contributed by atoms with E-state index in [9.17, 15) is 15.0 Å². The molecule has 21 heavy (non-hydrogen) atoms. The van der Waals surface area contributed by atoms with E-state index >= 15 is 0 Å². The first-order chi connectivity index (χ1) is 10.1. The fourth-order valence-electron chi connectivity index (χ4n) is 2.01. The van der Waals surface area contributed by atoms with Gasteiger partial charge in [-0.25, -0.2) is 0 Å². The summed E-state index contributed by atoms with van der Waals surface area (Å²) in [6.07, 6.45) is 3.89. The molecule has 0 aliphatic carbocycles. The van der Waals surface area contributed by atoms with Gasteiger partial charge in [-0.05, 0) is 35.7 Å². The van der Waals surface area contributed by atoms with Gasteiger partial charge in [-0.1, -0.05) is 19.1 Å². The molecule has 1 atom stereocenters. The Morgan fingerprint density at radius 2 is 2.05 bits per heavy atom. The van der Waals surface area contributed by atoms with Gasteiger partial charge in [0.1, 0.15) is 0 Å². The number of aromatic hydroxyl groups is 2. The molecule has 1 aromatic carbocycles. The van der Waals surface area contributed by atoms with E-state index in [1.165, 1.54) is 12.1 Å². The summed E-state index contributed by atoms with van der Waals surface area (Å²) < 4.78 is 0. The fraction of sp³-hybridized carbons (Fsp3) is 0.250. The predicted molar refractivity (Wildman–Crippen MR) is 78.7 cm³/mol. The SMILES string of the molecule is CC(Cc1ccc(O)c(O)c1)C(=O)NCc1cccnc1. The molecule has 3 N–H and O–H groups in total. The first-order valence-corrected chi connectivity index (χ1v) is 6.73. The summed E-state index contributed by atoms with van der Waals surface area (Å²) in [5.41, 5.74) is 1.75. The van der Waals surface area contributed by atoms with E-state index in [0.717, 1.165) is 11.1 Å². The number of benzene rings is 1. The quantitative estimate of drug-likeness (QED) is 0.734. The number of hydrogen-bond donors (Lipinski definition) is 3. The molecule has 1 amide bonds. The number of rotatable bonds is 5. The minimum Gasteiger partial charge on any atom is -0.504 e. The van der Waals surface area contributed by atoms with Crippen LogP contribution < -0.4 is 5.32 Å². The molecule has 2 aromatic rings. The molecule has 0 aliphatic heterocycles. The monoisotopic (exact) mass is 286 g/mol. The molecule has 1 unspecified atom stereocenters. The minimum absolute atomic E-state index is 0.0635. The zero-order valence-corrected chi connectivity index (χ0v) is 11.8. The second kappa shape index (κ2) is 6.74. The van der Waals surface area contributed by atoms with E-state index < -0.39 is 0 Å². The molecule has 0 aliphatic rings. The van der Waals surface area contributed by atoms with Gasteiger partial charge in [0.2, 0.25) is 5.91 Å². The van der Waals surface area contributed by atoms with Gasteiger partial charge in [-0.2, -0.15) is 0 Å². The van der Waals surface area contributed by atoms with Crippen molar-refractivity contribution in [2.24, 2.45) is 5.92 Å². The highest BCUT2D eigenvalue weighted by Crippen LogP contribution is 2.26. The maximum atomic E-state index is 12.0. The average Bonchev–Trinajstić information content (AvgIpc) is 2.49. The number of nitrogens with zero attached hydrogens (tertiary/aromatic N) is 1. The molecule has 2 rings (SSSR count). The third kappa shape index (κ3) is 4.21. The van der Waals surface area contributed by atoms with Gasteiger partial charge in [0.05, 0.1) is 0 Å². The summed E-state index contributed by atoms with van der Waals surface area (Å²) >= 11 is 0. The third-order valence-corrected chi connectivity index (χ3v) is 3.22. The van der Waals surface area contributed by atoms with Crippen molar-refractivity contribution in [2.75, 3.05) is 0 Å². The highest BCUT2D eigenvalue weighted by Gasteiger charge is 2.14. The Kier molecular flexibility index (Phi) is 4.77. The van der Waals surface area contributed by atoms with Gasteiger partial charge in [0.25, 0.3) is 0 Å². The van der Waals surface area contributed by atoms with Gasteiger partial charge < -0.3 is 15.5 Å². The molecular weight excluding hydrogens is 268 g/mol. The van der Waals surface area contributed by atoms with E-state index in [1.54, 1.807) is 18.5 Å². The van der Waals surface area contributed by atoms with Gasteiger partial charge in [-0.15, -0.1) is 0 Å². The Hall–Kier alpha value is -2.56. The lowest BCUT2D eigenvalue weighted by molar-refractivity contribution is -0.124. The largest absolute Gasteiger partial charge is 0.504 e. The summed E-state index contributed by atoms with van der Waals surface area (Å²) in [6, 6.07) is 8.31.